The number of nitrogens with zero attached hydrogens (tertiary/aromatic N) is 1. The van der Waals surface area contributed by atoms with E-state index in [4.69, 9.17) is 25.8 Å². The number of amides is 2. The number of esters is 1. The lowest BCUT2D eigenvalue weighted by Crippen LogP contribution is -2.35. The van der Waals surface area contributed by atoms with Crippen LogP contribution >= 0.6 is 23.4 Å². The maximum atomic E-state index is 12.5. The van der Waals surface area contributed by atoms with E-state index in [-0.39, 0.29) is 11.0 Å². The predicted molar refractivity (Wildman–Crippen MR) is 103 cm³/mol. The smallest absolute Gasteiger partial charge is 0.326 e. The molecule has 1 aliphatic heterocycles. The van der Waals surface area contributed by atoms with Crippen LogP contribution in [0.3, 0.4) is 0 Å². The van der Waals surface area contributed by atoms with Gasteiger partial charge in [0.15, 0.2) is 11.5 Å². The highest BCUT2D eigenvalue weighted by atomic mass is 35.5. The van der Waals surface area contributed by atoms with Gasteiger partial charge < -0.3 is 14.2 Å². The fraction of sp³-hybridized carbons (Fsp3) is 0.389. The maximum Gasteiger partial charge on any atom is 0.326 e. The number of hydrogen-bond donors (Lipinski definition) is 0. The molecule has 7 nitrogen and oxygen atoms in total. The molecule has 146 valence electrons. The summed E-state index contributed by atoms with van der Waals surface area (Å²) in [7, 11) is 2.93. The molecule has 1 aromatic rings. The number of benzene rings is 1. The van der Waals surface area contributed by atoms with Crippen molar-refractivity contribution in [2.45, 2.75) is 26.4 Å². The van der Waals surface area contributed by atoms with Gasteiger partial charge in [-0.05, 0) is 48.9 Å². The number of hydrogen-bond acceptors (Lipinski definition) is 7. The van der Waals surface area contributed by atoms with Gasteiger partial charge in [-0.1, -0.05) is 18.5 Å². The zero-order valence-electron chi connectivity index (χ0n) is 15.4. The third-order valence-corrected chi connectivity index (χ3v) is 5.01. The van der Waals surface area contributed by atoms with E-state index in [2.05, 4.69) is 0 Å². The minimum atomic E-state index is -0.623. The summed E-state index contributed by atoms with van der Waals surface area (Å²) in [5, 5.41) is -0.224. The number of rotatable bonds is 7. The first-order valence-electron chi connectivity index (χ1n) is 8.17. The van der Waals surface area contributed by atoms with Crippen molar-refractivity contribution >= 4 is 46.6 Å². The molecule has 9 heteroatoms. The Morgan fingerprint density at radius 2 is 2.00 bits per heavy atom. The first kappa shape index (κ1) is 21.1. The van der Waals surface area contributed by atoms with Crippen LogP contribution in [0.2, 0.25) is 5.02 Å². The fourth-order valence-corrected chi connectivity index (χ4v) is 3.42. The second kappa shape index (κ2) is 9.14. The lowest BCUT2D eigenvalue weighted by atomic mass is 10.2. The van der Waals surface area contributed by atoms with Gasteiger partial charge in [0.1, 0.15) is 6.54 Å². The predicted octanol–water partition coefficient (Wildman–Crippen LogP) is 3.74. The van der Waals surface area contributed by atoms with E-state index in [9.17, 15) is 14.4 Å². The van der Waals surface area contributed by atoms with Gasteiger partial charge in [-0.25, -0.2) is 0 Å². The van der Waals surface area contributed by atoms with Crippen LogP contribution in [0.1, 0.15) is 25.8 Å². The largest absolute Gasteiger partial charge is 0.493 e. The molecule has 27 heavy (non-hydrogen) atoms. The van der Waals surface area contributed by atoms with E-state index in [0.29, 0.717) is 28.5 Å². The topological polar surface area (TPSA) is 82.1 Å². The molecule has 2 rings (SSSR count). The van der Waals surface area contributed by atoms with E-state index in [0.717, 1.165) is 16.7 Å². The van der Waals surface area contributed by atoms with Gasteiger partial charge in [-0.3, -0.25) is 19.3 Å². The van der Waals surface area contributed by atoms with Crippen LogP contribution in [0.25, 0.3) is 6.08 Å². The van der Waals surface area contributed by atoms with Crippen molar-refractivity contribution in [1.82, 2.24) is 4.90 Å². The SMILES string of the molecule is CC[C@H](C)OC(=O)CN1C(=O)S/C(=C\c2cc(Cl)c(OC)c(OC)c2)C1=O. The molecule has 0 radical (unpaired) electrons. The van der Waals surface area contributed by atoms with Gasteiger partial charge in [-0.15, -0.1) is 0 Å². The molecule has 0 spiro atoms. The molecule has 1 aromatic carbocycles. The summed E-state index contributed by atoms with van der Waals surface area (Å²) in [5.41, 5.74) is 0.560. The number of thioether (sulfide) groups is 1. The molecule has 0 N–H and O–H groups in total. The molecular formula is C18H20ClNO6S. The Bertz CT molecular complexity index is 794. The Labute approximate surface area is 166 Å². The highest BCUT2D eigenvalue weighted by molar-refractivity contribution is 8.18. The Morgan fingerprint density at radius 1 is 1.30 bits per heavy atom. The average Bonchev–Trinajstić information content (AvgIpc) is 2.88. The molecule has 1 aliphatic rings. The standard InChI is InChI=1S/C18H20ClNO6S/c1-5-10(2)26-15(21)9-20-17(22)14(27-18(20)23)8-11-6-12(19)16(25-4)13(7-11)24-3/h6-8,10H,5,9H2,1-4H3/b14-8-/t10-/m0/s1. The van der Waals surface area contributed by atoms with Crippen molar-refractivity contribution < 1.29 is 28.6 Å². The molecular weight excluding hydrogens is 394 g/mol. The molecule has 0 bridgehead atoms. The van der Waals surface area contributed by atoms with Gasteiger partial charge in [0, 0.05) is 0 Å². The van der Waals surface area contributed by atoms with E-state index in [1.807, 2.05) is 6.92 Å². The summed E-state index contributed by atoms with van der Waals surface area (Å²) < 4.78 is 15.5. The first-order valence-corrected chi connectivity index (χ1v) is 9.36. The normalized spacial score (nSPS) is 16.6. The second-order valence-corrected chi connectivity index (χ2v) is 7.12. The van der Waals surface area contributed by atoms with Gasteiger partial charge in [-0.2, -0.15) is 0 Å². The Hall–Kier alpha value is -2.19. The summed E-state index contributed by atoms with van der Waals surface area (Å²) >= 11 is 6.91. The molecule has 1 atom stereocenters. The molecule has 1 heterocycles. The van der Waals surface area contributed by atoms with Crippen molar-refractivity contribution in [3.05, 3.63) is 27.6 Å². The van der Waals surface area contributed by atoms with Crippen LogP contribution in [0.5, 0.6) is 11.5 Å². The van der Waals surface area contributed by atoms with Gasteiger partial charge in [0.05, 0.1) is 30.3 Å². The zero-order chi connectivity index (χ0) is 20.1. The average molecular weight is 414 g/mol. The Kier molecular flexibility index (Phi) is 7.15. The van der Waals surface area contributed by atoms with Crippen molar-refractivity contribution in [2.24, 2.45) is 0 Å². The minimum absolute atomic E-state index is 0.180. The van der Waals surface area contributed by atoms with Gasteiger partial charge >= 0.3 is 5.97 Å². The Balaban J connectivity index is 2.21. The molecule has 0 unspecified atom stereocenters. The van der Waals surface area contributed by atoms with E-state index in [1.54, 1.807) is 19.1 Å². The van der Waals surface area contributed by atoms with Crippen molar-refractivity contribution in [1.29, 1.82) is 0 Å². The van der Waals surface area contributed by atoms with Crippen molar-refractivity contribution in [3.8, 4) is 11.5 Å². The molecule has 1 saturated heterocycles. The maximum absolute atomic E-state index is 12.5. The molecule has 0 aromatic heterocycles. The lowest BCUT2D eigenvalue weighted by Gasteiger charge is -2.14. The Morgan fingerprint density at radius 3 is 2.59 bits per heavy atom. The minimum Gasteiger partial charge on any atom is -0.493 e. The molecule has 1 fully saturated rings. The van der Waals surface area contributed by atoms with Crippen LogP contribution in [0.4, 0.5) is 4.79 Å². The summed E-state index contributed by atoms with van der Waals surface area (Å²) in [6.07, 6.45) is 1.88. The van der Waals surface area contributed by atoms with Crippen LogP contribution in [0, 0.1) is 0 Å². The first-order chi connectivity index (χ1) is 12.8. The third-order valence-electron chi connectivity index (χ3n) is 3.82. The fourth-order valence-electron chi connectivity index (χ4n) is 2.28. The molecule has 2 amide bonds. The number of carbonyl (C=O) groups is 3. The number of halogens is 1. The summed E-state index contributed by atoms with van der Waals surface area (Å²) in [6, 6.07) is 3.23. The van der Waals surface area contributed by atoms with E-state index < -0.39 is 23.7 Å². The highest BCUT2D eigenvalue weighted by Gasteiger charge is 2.37. The van der Waals surface area contributed by atoms with Crippen LogP contribution in [-0.4, -0.2) is 48.9 Å². The summed E-state index contributed by atoms with van der Waals surface area (Å²) in [6.45, 7) is 3.19. The van der Waals surface area contributed by atoms with Crippen LogP contribution < -0.4 is 9.47 Å². The van der Waals surface area contributed by atoms with Crippen molar-refractivity contribution in [2.75, 3.05) is 20.8 Å². The van der Waals surface area contributed by atoms with Gasteiger partial charge in [0.2, 0.25) is 0 Å². The number of imide groups is 1. The van der Waals surface area contributed by atoms with Crippen molar-refractivity contribution in [3.63, 3.8) is 0 Å². The number of ether oxygens (including phenoxy) is 3. The number of carbonyl (C=O) groups excluding carboxylic acids is 3. The summed E-state index contributed by atoms with van der Waals surface area (Å²) in [5.74, 6) is -0.413. The summed E-state index contributed by atoms with van der Waals surface area (Å²) in [4.78, 5) is 37.5. The van der Waals surface area contributed by atoms with Crippen LogP contribution in [-0.2, 0) is 14.3 Å². The lowest BCUT2D eigenvalue weighted by molar-refractivity contribution is -0.150. The van der Waals surface area contributed by atoms with E-state index in [1.165, 1.54) is 20.3 Å². The van der Waals surface area contributed by atoms with Gasteiger partial charge in [0.25, 0.3) is 11.1 Å². The third kappa shape index (κ3) is 4.95. The zero-order valence-corrected chi connectivity index (χ0v) is 17.0. The molecule has 0 saturated carbocycles. The van der Waals surface area contributed by atoms with E-state index >= 15 is 0 Å². The van der Waals surface area contributed by atoms with Crippen LogP contribution in [0.15, 0.2) is 17.0 Å². The highest BCUT2D eigenvalue weighted by Crippen LogP contribution is 2.38. The number of methoxy groups -OCH3 is 2. The quantitative estimate of drug-likeness (QED) is 0.497. The monoisotopic (exact) mass is 413 g/mol. The molecule has 0 aliphatic carbocycles. The second-order valence-electron chi connectivity index (χ2n) is 5.71.